The maximum atomic E-state index is 13.6. The van der Waals surface area contributed by atoms with Crippen molar-refractivity contribution in [3.8, 4) is 0 Å². The predicted molar refractivity (Wildman–Crippen MR) is 127 cm³/mol. The average molecular weight is 541 g/mol. The van der Waals surface area contributed by atoms with Gasteiger partial charge in [0.2, 0.25) is 18.1 Å². The zero-order valence-electron chi connectivity index (χ0n) is 19.5. The molecule has 4 rings (SSSR count). The van der Waals surface area contributed by atoms with Gasteiger partial charge in [-0.15, -0.1) is 0 Å². The molecule has 11 nitrogen and oxygen atoms in total. The second-order valence-electron chi connectivity index (χ2n) is 8.71. The van der Waals surface area contributed by atoms with Crippen molar-refractivity contribution in [1.29, 1.82) is 0 Å². The van der Waals surface area contributed by atoms with Gasteiger partial charge in [0.25, 0.3) is 11.8 Å². The minimum atomic E-state index is -1.05. The molecule has 4 amide bonds. The molecule has 36 heavy (non-hydrogen) atoms. The summed E-state index contributed by atoms with van der Waals surface area (Å²) >= 11 is 12.0. The van der Waals surface area contributed by atoms with Gasteiger partial charge in [0.1, 0.15) is 18.1 Å². The van der Waals surface area contributed by atoms with E-state index in [0.29, 0.717) is 12.8 Å². The van der Waals surface area contributed by atoms with Crippen LogP contribution < -0.4 is 10.6 Å². The zero-order chi connectivity index (χ0) is 26.0. The molecule has 4 unspecified atom stereocenters. The molecule has 0 spiro atoms. The Morgan fingerprint density at radius 1 is 1.11 bits per heavy atom. The number of cyclic esters (lactones) is 1. The summed E-state index contributed by atoms with van der Waals surface area (Å²) in [5, 5.41) is 8.32. The Balaban J connectivity index is 1.53. The number of benzene rings is 1. The topological polar surface area (TPSA) is 134 Å². The maximum Gasteiger partial charge on any atom is 0.310 e. The highest BCUT2D eigenvalue weighted by molar-refractivity contribution is 6.35. The SMILES string of the molecule is CCOC1OC(=O)CC1NC(=O)C1CCCN2C(=O)CCC(NC(=O)c3cc(Cl)cc(Cl)c3)C(=O)N12. The Bertz CT molecular complexity index is 1060. The highest BCUT2D eigenvalue weighted by Crippen LogP contribution is 2.26. The number of fused-ring (bicyclic) bond motifs is 1. The van der Waals surface area contributed by atoms with Gasteiger partial charge in [-0.25, -0.2) is 5.01 Å². The third kappa shape index (κ3) is 5.58. The smallest absolute Gasteiger partial charge is 0.310 e. The van der Waals surface area contributed by atoms with Crippen LogP contribution in [0.1, 0.15) is 49.4 Å². The number of hydrogen-bond acceptors (Lipinski definition) is 7. The van der Waals surface area contributed by atoms with Crippen LogP contribution in [0.5, 0.6) is 0 Å². The molecular weight excluding hydrogens is 515 g/mol. The van der Waals surface area contributed by atoms with Crippen LogP contribution in [0.15, 0.2) is 18.2 Å². The first-order valence-corrected chi connectivity index (χ1v) is 12.4. The number of esters is 1. The average Bonchev–Trinajstić information content (AvgIpc) is 3.12. The fraction of sp³-hybridized carbons (Fsp3) is 0.522. The van der Waals surface area contributed by atoms with Gasteiger partial charge in [-0.3, -0.25) is 29.0 Å². The van der Waals surface area contributed by atoms with Crippen LogP contribution in [0.25, 0.3) is 0 Å². The van der Waals surface area contributed by atoms with E-state index in [9.17, 15) is 24.0 Å². The number of nitrogens with one attached hydrogen (secondary N) is 2. The number of amides is 4. The van der Waals surface area contributed by atoms with Crippen molar-refractivity contribution in [3.63, 3.8) is 0 Å². The first kappa shape index (κ1) is 26.2. The van der Waals surface area contributed by atoms with Crippen LogP contribution in [-0.2, 0) is 28.7 Å². The van der Waals surface area contributed by atoms with E-state index in [0.717, 1.165) is 5.01 Å². The molecular formula is C23H26Cl2N4O7. The molecule has 3 fully saturated rings. The van der Waals surface area contributed by atoms with E-state index in [1.165, 1.54) is 23.2 Å². The number of carbonyl (C=O) groups excluding carboxylic acids is 5. The van der Waals surface area contributed by atoms with Gasteiger partial charge < -0.3 is 20.1 Å². The van der Waals surface area contributed by atoms with Gasteiger partial charge in [0.05, 0.1) is 6.42 Å². The second kappa shape index (κ2) is 11.0. The third-order valence-electron chi connectivity index (χ3n) is 6.22. The van der Waals surface area contributed by atoms with Gasteiger partial charge in [0, 0.05) is 35.2 Å². The number of nitrogens with zero attached hydrogens (tertiary/aromatic N) is 2. The lowest BCUT2D eigenvalue weighted by Crippen LogP contribution is -2.64. The highest BCUT2D eigenvalue weighted by Gasteiger charge is 2.46. The molecule has 3 heterocycles. The van der Waals surface area contributed by atoms with E-state index in [2.05, 4.69) is 10.6 Å². The van der Waals surface area contributed by atoms with Crippen LogP contribution >= 0.6 is 23.2 Å². The summed E-state index contributed by atoms with van der Waals surface area (Å²) in [6, 6.07) is 1.53. The monoisotopic (exact) mass is 540 g/mol. The maximum absolute atomic E-state index is 13.6. The summed E-state index contributed by atoms with van der Waals surface area (Å²) in [6.45, 7) is 2.28. The molecule has 3 saturated heterocycles. The van der Waals surface area contributed by atoms with E-state index in [-0.39, 0.29) is 53.9 Å². The van der Waals surface area contributed by atoms with Crippen molar-refractivity contribution in [2.45, 2.75) is 63.4 Å². The Labute approximate surface area is 217 Å². The number of hydrazine groups is 1. The van der Waals surface area contributed by atoms with Crippen LogP contribution in [0.4, 0.5) is 0 Å². The van der Waals surface area contributed by atoms with Crippen LogP contribution in [0.3, 0.4) is 0 Å². The fourth-order valence-corrected chi connectivity index (χ4v) is 5.11. The minimum absolute atomic E-state index is 0.00914. The lowest BCUT2D eigenvalue weighted by molar-refractivity contribution is -0.177. The Kier molecular flexibility index (Phi) is 8.01. The molecule has 0 aliphatic carbocycles. The normalized spacial score (nSPS) is 26.2. The largest absolute Gasteiger partial charge is 0.433 e. The Morgan fingerprint density at radius 3 is 2.53 bits per heavy atom. The van der Waals surface area contributed by atoms with Crippen LogP contribution in [-0.4, -0.2) is 77.2 Å². The molecule has 1 aromatic rings. The van der Waals surface area contributed by atoms with E-state index < -0.39 is 48.1 Å². The van der Waals surface area contributed by atoms with Crippen molar-refractivity contribution < 1.29 is 33.4 Å². The third-order valence-corrected chi connectivity index (χ3v) is 6.65. The lowest BCUT2D eigenvalue weighted by Gasteiger charge is -2.43. The van der Waals surface area contributed by atoms with Crippen LogP contribution in [0, 0.1) is 0 Å². The van der Waals surface area contributed by atoms with Gasteiger partial charge in [-0.2, -0.15) is 0 Å². The fourth-order valence-electron chi connectivity index (χ4n) is 4.58. The van der Waals surface area contributed by atoms with Gasteiger partial charge in [0.15, 0.2) is 0 Å². The minimum Gasteiger partial charge on any atom is -0.433 e. The van der Waals surface area contributed by atoms with Crippen LogP contribution in [0.2, 0.25) is 10.0 Å². The first-order valence-electron chi connectivity index (χ1n) is 11.7. The molecule has 0 saturated carbocycles. The molecule has 1 aromatic carbocycles. The molecule has 3 aliphatic heterocycles. The number of hydrogen-bond donors (Lipinski definition) is 2. The zero-order valence-corrected chi connectivity index (χ0v) is 21.0. The van der Waals surface area contributed by atoms with E-state index in [4.69, 9.17) is 32.7 Å². The summed E-state index contributed by atoms with van der Waals surface area (Å²) in [6.07, 6.45) is -0.122. The summed E-state index contributed by atoms with van der Waals surface area (Å²) in [5.41, 5.74) is 0.161. The summed E-state index contributed by atoms with van der Waals surface area (Å²) in [5.74, 6) is -2.54. The molecule has 4 atom stereocenters. The number of halogens is 2. The summed E-state index contributed by atoms with van der Waals surface area (Å²) in [4.78, 5) is 64.3. The van der Waals surface area contributed by atoms with Gasteiger partial charge >= 0.3 is 5.97 Å². The number of carbonyl (C=O) groups is 5. The van der Waals surface area contributed by atoms with Crippen molar-refractivity contribution in [1.82, 2.24) is 20.7 Å². The molecule has 0 aromatic heterocycles. The lowest BCUT2D eigenvalue weighted by atomic mass is 10.0. The molecule has 3 aliphatic rings. The van der Waals surface area contributed by atoms with E-state index >= 15 is 0 Å². The van der Waals surface area contributed by atoms with Gasteiger partial charge in [-0.05, 0) is 44.4 Å². The molecule has 194 valence electrons. The molecule has 13 heteroatoms. The molecule has 2 N–H and O–H groups in total. The Hall–Kier alpha value is -2.89. The van der Waals surface area contributed by atoms with E-state index in [1.54, 1.807) is 6.92 Å². The molecule has 0 bridgehead atoms. The quantitative estimate of drug-likeness (QED) is 0.521. The number of rotatable bonds is 6. The number of ether oxygens (including phenoxy) is 2. The molecule has 0 radical (unpaired) electrons. The standard InChI is InChI=1S/C23H26Cl2N4O7/c1-2-35-23-16(11-19(31)36-23)27-21(33)17-4-3-7-28-18(30)6-5-15(22(34)29(17)28)26-20(32)12-8-13(24)10-14(25)9-12/h8-10,15-17,23H,2-7,11H2,1H3,(H,26,32)(H,27,33). The van der Waals surface area contributed by atoms with Crippen molar-refractivity contribution in [2.24, 2.45) is 0 Å². The van der Waals surface area contributed by atoms with Crippen molar-refractivity contribution in [2.75, 3.05) is 13.2 Å². The predicted octanol–water partition coefficient (Wildman–Crippen LogP) is 1.41. The second-order valence-corrected chi connectivity index (χ2v) is 9.59. The van der Waals surface area contributed by atoms with E-state index in [1.807, 2.05) is 0 Å². The highest BCUT2D eigenvalue weighted by atomic mass is 35.5. The summed E-state index contributed by atoms with van der Waals surface area (Å²) in [7, 11) is 0. The first-order chi connectivity index (χ1) is 17.2. The Morgan fingerprint density at radius 2 is 1.83 bits per heavy atom. The summed E-state index contributed by atoms with van der Waals surface area (Å²) < 4.78 is 10.5. The van der Waals surface area contributed by atoms with Crippen molar-refractivity contribution >= 4 is 52.8 Å². The van der Waals surface area contributed by atoms with Crippen molar-refractivity contribution in [3.05, 3.63) is 33.8 Å². The van der Waals surface area contributed by atoms with Gasteiger partial charge in [-0.1, -0.05) is 23.2 Å².